The van der Waals surface area contributed by atoms with E-state index in [1.54, 1.807) is 0 Å². The lowest BCUT2D eigenvalue weighted by Gasteiger charge is -2.22. The Morgan fingerprint density at radius 3 is 2.71 bits per heavy atom. The van der Waals surface area contributed by atoms with E-state index >= 15 is 0 Å². The first kappa shape index (κ1) is 20.6. The maximum Gasteiger partial charge on any atom is 0.217 e. The largest absolute Gasteiger partial charge is 0.489 e. The van der Waals surface area contributed by atoms with Crippen LogP contribution in [0.15, 0.2) is 48.5 Å². The maximum atomic E-state index is 11.3. The second kappa shape index (κ2) is 9.92. The molecule has 0 unspecified atom stereocenters. The van der Waals surface area contributed by atoms with Gasteiger partial charge in [0.2, 0.25) is 5.91 Å². The fourth-order valence-electron chi connectivity index (χ4n) is 3.52. The van der Waals surface area contributed by atoms with E-state index < -0.39 is 6.10 Å². The Kier molecular flexibility index (Phi) is 7.31. The first-order valence-corrected chi connectivity index (χ1v) is 10.0. The molecular formula is C22H27ClN2O3. The molecule has 2 aromatic rings. The van der Waals surface area contributed by atoms with Crippen molar-refractivity contribution in [3.05, 3.63) is 64.7 Å². The molecule has 1 aliphatic heterocycles. The van der Waals surface area contributed by atoms with Crippen molar-refractivity contribution in [2.75, 3.05) is 13.1 Å². The van der Waals surface area contributed by atoms with E-state index in [1.165, 1.54) is 6.92 Å². The molecule has 3 rings (SSSR count). The number of halogens is 1. The normalized spacial score (nSPS) is 20.4. The lowest BCUT2D eigenvalue weighted by atomic mass is 10.1. The first-order chi connectivity index (χ1) is 13.5. The Labute approximate surface area is 171 Å². The summed E-state index contributed by atoms with van der Waals surface area (Å²) in [6.45, 7) is 4.20. The van der Waals surface area contributed by atoms with E-state index in [0.717, 1.165) is 30.0 Å². The topological polar surface area (TPSA) is 61.8 Å². The van der Waals surface area contributed by atoms with Crippen molar-refractivity contribution in [3.63, 3.8) is 0 Å². The zero-order valence-electron chi connectivity index (χ0n) is 16.1. The summed E-state index contributed by atoms with van der Waals surface area (Å²) in [6, 6.07) is 15.5. The quantitative estimate of drug-likeness (QED) is 0.777. The molecule has 2 atom stereocenters. The van der Waals surface area contributed by atoms with Crippen molar-refractivity contribution in [2.24, 2.45) is 0 Å². The molecule has 1 aliphatic rings. The van der Waals surface area contributed by atoms with Gasteiger partial charge in [0.05, 0.1) is 12.1 Å². The zero-order valence-corrected chi connectivity index (χ0v) is 16.9. The van der Waals surface area contributed by atoms with Crippen LogP contribution in [0.2, 0.25) is 5.02 Å². The molecule has 150 valence electrons. The van der Waals surface area contributed by atoms with Gasteiger partial charge >= 0.3 is 0 Å². The minimum atomic E-state index is -0.526. The number of aliphatic hydroxyl groups is 1. The molecule has 2 aromatic carbocycles. The van der Waals surface area contributed by atoms with Crippen LogP contribution >= 0.6 is 11.6 Å². The van der Waals surface area contributed by atoms with E-state index in [2.05, 4.69) is 10.2 Å². The third-order valence-corrected chi connectivity index (χ3v) is 5.24. The summed E-state index contributed by atoms with van der Waals surface area (Å²) in [5.74, 6) is 0.709. The van der Waals surface area contributed by atoms with Crippen LogP contribution in [0.4, 0.5) is 0 Å². The van der Waals surface area contributed by atoms with E-state index in [0.29, 0.717) is 31.0 Å². The molecule has 0 spiro atoms. The van der Waals surface area contributed by atoms with E-state index in [9.17, 15) is 9.90 Å². The average molecular weight is 403 g/mol. The summed E-state index contributed by atoms with van der Waals surface area (Å²) >= 11 is 6.23. The van der Waals surface area contributed by atoms with E-state index in [1.807, 2.05) is 48.5 Å². The lowest BCUT2D eigenvalue weighted by molar-refractivity contribution is -0.120. The summed E-state index contributed by atoms with van der Waals surface area (Å²) < 4.78 is 6.05. The maximum absolute atomic E-state index is 11.3. The average Bonchev–Trinajstić information content (AvgIpc) is 2.84. The number of nitrogens with zero attached hydrogens (tertiary/aromatic N) is 1. The summed E-state index contributed by atoms with van der Waals surface area (Å²) in [5.41, 5.74) is 2.13. The van der Waals surface area contributed by atoms with Gasteiger partial charge in [-0.25, -0.2) is 0 Å². The van der Waals surface area contributed by atoms with Gasteiger partial charge in [-0.2, -0.15) is 0 Å². The molecule has 5 nitrogen and oxygen atoms in total. The minimum Gasteiger partial charge on any atom is -0.489 e. The zero-order chi connectivity index (χ0) is 19.9. The Hall–Kier alpha value is -2.08. The monoisotopic (exact) mass is 402 g/mol. The van der Waals surface area contributed by atoms with Crippen molar-refractivity contribution < 1.29 is 14.6 Å². The fourth-order valence-corrected chi connectivity index (χ4v) is 3.71. The number of rotatable bonds is 6. The van der Waals surface area contributed by atoms with Crippen molar-refractivity contribution in [1.29, 1.82) is 0 Å². The number of hydrogen-bond donors (Lipinski definition) is 2. The molecule has 0 aliphatic carbocycles. The highest BCUT2D eigenvalue weighted by Crippen LogP contribution is 2.26. The van der Waals surface area contributed by atoms with Crippen LogP contribution in [0.25, 0.3) is 0 Å². The number of nitrogens with one attached hydrogen (secondary N) is 1. The summed E-state index contributed by atoms with van der Waals surface area (Å²) in [4.78, 5) is 13.6. The molecule has 28 heavy (non-hydrogen) atoms. The standard InChI is InChI=1S/C22H27ClN2O3/c1-16(26)24-20-9-11-25(12-10-21(20)27)14-18-13-19(23)7-8-22(18)28-15-17-5-3-2-4-6-17/h2-8,13,20-21,27H,9-12,14-15H2,1H3,(H,24,26)/t20-,21-/m0/s1. The van der Waals surface area contributed by atoms with Gasteiger partial charge in [-0.05, 0) is 36.6 Å². The van der Waals surface area contributed by atoms with Gasteiger partial charge in [-0.15, -0.1) is 0 Å². The van der Waals surface area contributed by atoms with E-state index in [-0.39, 0.29) is 11.9 Å². The highest BCUT2D eigenvalue weighted by molar-refractivity contribution is 6.30. The molecule has 0 saturated carbocycles. The predicted octanol–water partition coefficient (Wildman–Crippen LogP) is 3.38. The van der Waals surface area contributed by atoms with Gasteiger partial charge in [0.15, 0.2) is 0 Å². The highest BCUT2D eigenvalue weighted by atomic mass is 35.5. The number of carbonyl (C=O) groups excluding carboxylic acids is 1. The fraction of sp³-hybridized carbons (Fsp3) is 0.409. The second-order valence-electron chi connectivity index (χ2n) is 7.25. The SMILES string of the molecule is CC(=O)N[C@H]1CCN(Cc2cc(Cl)ccc2OCc2ccccc2)CC[C@@H]1O. The molecule has 0 bridgehead atoms. The third-order valence-electron chi connectivity index (χ3n) is 5.00. The Balaban J connectivity index is 1.66. The molecule has 1 heterocycles. The Bertz CT molecular complexity index is 785. The van der Waals surface area contributed by atoms with Gasteiger partial charge in [0.1, 0.15) is 12.4 Å². The van der Waals surface area contributed by atoms with Crippen molar-refractivity contribution in [2.45, 2.75) is 45.1 Å². The molecule has 1 saturated heterocycles. The Morgan fingerprint density at radius 2 is 1.96 bits per heavy atom. The number of benzene rings is 2. The molecular weight excluding hydrogens is 376 g/mol. The molecule has 0 radical (unpaired) electrons. The van der Waals surface area contributed by atoms with Gasteiger partial charge in [0, 0.05) is 37.1 Å². The predicted molar refractivity (Wildman–Crippen MR) is 110 cm³/mol. The number of likely N-dealkylation sites (tertiary alicyclic amines) is 1. The van der Waals surface area contributed by atoms with Crippen LogP contribution in [0.3, 0.4) is 0 Å². The van der Waals surface area contributed by atoms with Gasteiger partial charge in [-0.1, -0.05) is 41.9 Å². The molecule has 6 heteroatoms. The van der Waals surface area contributed by atoms with Crippen LogP contribution in [-0.2, 0) is 17.9 Å². The van der Waals surface area contributed by atoms with Crippen LogP contribution in [0, 0.1) is 0 Å². The first-order valence-electron chi connectivity index (χ1n) is 9.64. The van der Waals surface area contributed by atoms with Gasteiger partial charge in [0.25, 0.3) is 0 Å². The van der Waals surface area contributed by atoms with Crippen LogP contribution in [-0.4, -0.2) is 41.1 Å². The summed E-state index contributed by atoms with van der Waals surface area (Å²) in [7, 11) is 0. The summed E-state index contributed by atoms with van der Waals surface area (Å²) in [5, 5.41) is 13.8. The lowest BCUT2D eigenvalue weighted by Crippen LogP contribution is -2.42. The third kappa shape index (κ3) is 5.96. The van der Waals surface area contributed by atoms with Crippen LogP contribution in [0.5, 0.6) is 5.75 Å². The summed E-state index contributed by atoms with van der Waals surface area (Å²) in [6.07, 6.45) is 0.801. The number of amides is 1. The van der Waals surface area contributed by atoms with Crippen LogP contribution in [0.1, 0.15) is 30.9 Å². The Morgan fingerprint density at radius 1 is 1.21 bits per heavy atom. The smallest absolute Gasteiger partial charge is 0.217 e. The number of aliphatic hydroxyl groups excluding tert-OH is 1. The molecule has 1 amide bonds. The van der Waals surface area contributed by atoms with Crippen LogP contribution < -0.4 is 10.1 Å². The van der Waals surface area contributed by atoms with Crippen molar-refractivity contribution in [3.8, 4) is 5.75 Å². The molecule has 2 N–H and O–H groups in total. The molecule has 0 aromatic heterocycles. The highest BCUT2D eigenvalue weighted by Gasteiger charge is 2.25. The van der Waals surface area contributed by atoms with Crippen molar-refractivity contribution >= 4 is 17.5 Å². The van der Waals surface area contributed by atoms with Crippen molar-refractivity contribution in [1.82, 2.24) is 10.2 Å². The van der Waals surface area contributed by atoms with Gasteiger partial charge < -0.3 is 15.2 Å². The van der Waals surface area contributed by atoms with Gasteiger partial charge in [-0.3, -0.25) is 9.69 Å². The second-order valence-corrected chi connectivity index (χ2v) is 7.69. The number of hydrogen-bond acceptors (Lipinski definition) is 4. The minimum absolute atomic E-state index is 0.107. The number of ether oxygens (including phenoxy) is 1. The molecule has 1 fully saturated rings. The number of carbonyl (C=O) groups is 1. The van der Waals surface area contributed by atoms with E-state index in [4.69, 9.17) is 16.3 Å².